The van der Waals surface area contributed by atoms with Crippen LogP contribution in [0.2, 0.25) is 0 Å². The maximum absolute atomic E-state index is 11.0. The SMILES string of the molecule is CC.CC.CC(=O)C1CCCC1C(C)=O. The van der Waals surface area contributed by atoms with Crippen molar-refractivity contribution in [2.45, 2.75) is 60.8 Å². The lowest BCUT2D eigenvalue weighted by atomic mass is 9.90. The molecule has 2 nitrogen and oxygen atoms in total. The molecule has 0 bridgehead atoms. The topological polar surface area (TPSA) is 34.1 Å². The molecule has 1 rings (SSSR count). The van der Waals surface area contributed by atoms with Crippen LogP contribution in [-0.4, -0.2) is 11.6 Å². The summed E-state index contributed by atoms with van der Waals surface area (Å²) in [6.07, 6.45) is 2.87. The van der Waals surface area contributed by atoms with E-state index in [-0.39, 0.29) is 23.4 Å². The fourth-order valence-electron chi connectivity index (χ4n) is 1.93. The fraction of sp³-hybridized carbons (Fsp3) is 0.846. The Morgan fingerprint density at radius 3 is 1.27 bits per heavy atom. The van der Waals surface area contributed by atoms with Crippen LogP contribution < -0.4 is 0 Å². The molecule has 0 radical (unpaired) electrons. The first-order chi connectivity index (χ1) is 7.13. The molecule has 0 spiro atoms. The zero-order valence-electron chi connectivity index (χ0n) is 11.1. The maximum Gasteiger partial charge on any atom is 0.133 e. The van der Waals surface area contributed by atoms with Crippen LogP contribution >= 0.6 is 0 Å². The molecule has 15 heavy (non-hydrogen) atoms. The minimum absolute atomic E-state index is 0.0347. The van der Waals surface area contributed by atoms with Gasteiger partial charge < -0.3 is 0 Å². The van der Waals surface area contributed by atoms with Crippen LogP contribution in [0.1, 0.15) is 60.8 Å². The van der Waals surface area contributed by atoms with Gasteiger partial charge in [-0.1, -0.05) is 34.1 Å². The smallest absolute Gasteiger partial charge is 0.133 e. The summed E-state index contributed by atoms with van der Waals surface area (Å²) in [5.74, 6) is 0.436. The van der Waals surface area contributed by atoms with Gasteiger partial charge in [-0.15, -0.1) is 0 Å². The van der Waals surface area contributed by atoms with Crippen molar-refractivity contribution >= 4 is 11.6 Å². The van der Waals surface area contributed by atoms with Gasteiger partial charge in [0.25, 0.3) is 0 Å². The molecule has 0 aromatic carbocycles. The molecular weight excluding hydrogens is 188 g/mol. The fourth-order valence-corrected chi connectivity index (χ4v) is 1.93. The van der Waals surface area contributed by atoms with E-state index in [1.54, 1.807) is 13.8 Å². The summed E-state index contributed by atoms with van der Waals surface area (Å²) in [7, 11) is 0. The van der Waals surface area contributed by atoms with Gasteiger partial charge >= 0.3 is 0 Å². The quantitative estimate of drug-likeness (QED) is 0.703. The highest BCUT2D eigenvalue weighted by Gasteiger charge is 2.33. The lowest BCUT2D eigenvalue weighted by molar-refractivity contribution is -0.128. The first kappa shape index (κ1) is 16.8. The van der Waals surface area contributed by atoms with Crippen molar-refractivity contribution in [3.8, 4) is 0 Å². The Balaban J connectivity index is 0. The van der Waals surface area contributed by atoms with E-state index in [2.05, 4.69) is 0 Å². The summed E-state index contributed by atoms with van der Waals surface area (Å²) in [6, 6.07) is 0. The Hall–Kier alpha value is -0.660. The lowest BCUT2D eigenvalue weighted by Crippen LogP contribution is -2.21. The van der Waals surface area contributed by atoms with Crippen molar-refractivity contribution in [2.75, 3.05) is 0 Å². The summed E-state index contributed by atoms with van der Waals surface area (Å²) < 4.78 is 0. The van der Waals surface area contributed by atoms with E-state index >= 15 is 0 Å². The zero-order chi connectivity index (χ0) is 12.4. The van der Waals surface area contributed by atoms with Gasteiger partial charge in [0.05, 0.1) is 0 Å². The minimum Gasteiger partial charge on any atom is -0.300 e. The molecule has 90 valence electrons. The summed E-state index contributed by atoms with van der Waals surface area (Å²) in [4.78, 5) is 22.0. The summed E-state index contributed by atoms with van der Waals surface area (Å²) in [5.41, 5.74) is 0. The van der Waals surface area contributed by atoms with Gasteiger partial charge in [0, 0.05) is 11.8 Å². The van der Waals surface area contributed by atoms with Crippen molar-refractivity contribution in [1.29, 1.82) is 0 Å². The Morgan fingerprint density at radius 2 is 1.07 bits per heavy atom. The molecule has 1 aliphatic carbocycles. The molecule has 2 heteroatoms. The average Bonchev–Trinajstić information content (AvgIpc) is 2.72. The summed E-state index contributed by atoms with van der Waals surface area (Å²) >= 11 is 0. The van der Waals surface area contributed by atoms with Crippen molar-refractivity contribution in [3.05, 3.63) is 0 Å². The molecular formula is C13H26O2. The molecule has 0 heterocycles. The Kier molecular flexibility index (Phi) is 11.0. The van der Waals surface area contributed by atoms with Gasteiger partial charge in [-0.2, -0.15) is 0 Å². The number of Topliss-reactive ketones (excluding diaryl/α,β-unsaturated/α-hetero) is 2. The van der Waals surface area contributed by atoms with E-state index in [0.29, 0.717) is 0 Å². The van der Waals surface area contributed by atoms with Crippen LogP contribution in [0, 0.1) is 11.8 Å². The predicted molar refractivity (Wildman–Crippen MR) is 64.9 cm³/mol. The Bertz CT molecular complexity index is 165. The number of hydrogen-bond acceptors (Lipinski definition) is 2. The van der Waals surface area contributed by atoms with Crippen molar-refractivity contribution in [3.63, 3.8) is 0 Å². The van der Waals surface area contributed by atoms with E-state index in [1.807, 2.05) is 27.7 Å². The maximum atomic E-state index is 11.0. The molecule has 1 saturated carbocycles. The van der Waals surface area contributed by atoms with Crippen LogP contribution in [0.5, 0.6) is 0 Å². The molecule has 0 N–H and O–H groups in total. The molecule has 1 aliphatic rings. The van der Waals surface area contributed by atoms with Gasteiger partial charge in [-0.25, -0.2) is 0 Å². The third-order valence-electron chi connectivity index (χ3n) is 2.56. The molecule has 0 aliphatic heterocycles. The van der Waals surface area contributed by atoms with Gasteiger partial charge in [-0.3, -0.25) is 9.59 Å². The average molecular weight is 214 g/mol. The number of ketones is 2. The first-order valence-electron chi connectivity index (χ1n) is 6.14. The first-order valence-corrected chi connectivity index (χ1v) is 6.14. The summed E-state index contributed by atoms with van der Waals surface area (Å²) in [6.45, 7) is 11.2. The summed E-state index contributed by atoms with van der Waals surface area (Å²) in [5, 5.41) is 0. The van der Waals surface area contributed by atoms with Crippen molar-refractivity contribution in [1.82, 2.24) is 0 Å². The van der Waals surface area contributed by atoms with E-state index in [4.69, 9.17) is 0 Å². The predicted octanol–water partition coefficient (Wildman–Crippen LogP) is 3.63. The molecule has 0 aromatic heterocycles. The van der Waals surface area contributed by atoms with Gasteiger partial charge in [0.15, 0.2) is 0 Å². The lowest BCUT2D eigenvalue weighted by Gasteiger charge is -2.12. The molecule has 0 saturated heterocycles. The van der Waals surface area contributed by atoms with E-state index in [9.17, 15) is 9.59 Å². The van der Waals surface area contributed by atoms with E-state index in [1.165, 1.54) is 0 Å². The van der Waals surface area contributed by atoms with Gasteiger partial charge in [0.2, 0.25) is 0 Å². The molecule has 2 atom stereocenters. The van der Waals surface area contributed by atoms with Crippen LogP contribution in [-0.2, 0) is 9.59 Å². The number of hydrogen-bond donors (Lipinski definition) is 0. The number of carbonyl (C=O) groups is 2. The molecule has 0 aromatic rings. The Morgan fingerprint density at radius 1 is 0.800 bits per heavy atom. The number of rotatable bonds is 2. The van der Waals surface area contributed by atoms with Crippen LogP contribution in [0.3, 0.4) is 0 Å². The standard InChI is InChI=1S/C9H14O2.2C2H6/c1-6(10)8-4-3-5-9(8)7(2)11;2*1-2/h8-9H,3-5H2,1-2H3;2*1-2H3. The third kappa shape index (κ3) is 5.71. The molecule has 2 unspecified atom stereocenters. The highest BCUT2D eigenvalue weighted by Crippen LogP contribution is 2.32. The van der Waals surface area contributed by atoms with Crippen LogP contribution in [0.15, 0.2) is 0 Å². The normalized spacial score (nSPS) is 23.1. The molecule has 1 fully saturated rings. The van der Waals surface area contributed by atoms with Gasteiger partial charge in [-0.05, 0) is 26.7 Å². The van der Waals surface area contributed by atoms with E-state index < -0.39 is 0 Å². The second kappa shape index (κ2) is 9.88. The van der Waals surface area contributed by atoms with E-state index in [0.717, 1.165) is 19.3 Å². The second-order valence-electron chi connectivity index (χ2n) is 3.37. The zero-order valence-corrected chi connectivity index (χ0v) is 11.1. The highest BCUT2D eigenvalue weighted by atomic mass is 16.1. The Labute approximate surface area is 94.4 Å². The van der Waals surface area contributed by atoms with Crippen LogP contribution in [0.25, 0.3) is 0 Å². The monoisotopic (exact) mass is 214 g/mol. The molecule has 0 amide bonds. The van der Waals surface area contributed by atoms with Crippen molar-refractivity contribution < 1.29 is 9.59 Å². The van der Waals surface area contributed by atoms with Gasteiger partial charge in [0.1, 0.15) is 11.6 Å². The number of carbonyl (C=O) groups excluding carboxylic acids is 2. The minimum atomic E-state index is 0.0347. The third-order valence-corrected chi connectivity index (χ3v) is 2.56. The highest BCUT2D eigenvalue weighted by molar-refractivity contribution is 5.87. The second-order valence-corrected chi connectivity index (χ2v) is 3.37. The van der Waals surface area contributed by atoms with Crippen LogP contribution in [0.4, 0.5) is 0 Å². The van der Waals surface area contributed by atoms with Crippen molar-refractivity contribution in [2.24, 2.45) is 11.8 Å². The largest absolute Gasteiger partial charge is 0.300 e.